The van der Waals surface area contributed by atoms with Crippen LogP contribution in [0.25, 0.3) is 10.8 Å². The van der Waals surface area contributed by atoms with E-state index in [-0.39, 0.29) is 5.91 Å². The van der Waals surface area contributed by atoms with Gasteiger partial charge in [0.2, 0.25) is 5.91 Å². The van der Waals surface area contributed by atoms with Crippen LogP contribution in [0.4, 0.5) is 11.6 Å². The van der Waals surface area contributed by atoms with Crippen LogP contribution in [0.5, 0.6) is 0 Å². The van der Waals surface area contributed by atoms with Gasteiger partial charge in [0.05, 0.1) is 0 Å². The van der Waals surface area contributed by atoms with Crippen LogP contribution < -0.4 is 10.6 Å². The predicted octanol–water partition coefficient (Wildman–Crippen LogP) is 1.63. The molecule has 0 fully saturated rings. The minimum Gasteiger partial charge on any atom is -0.373 e. The molecule has 0 atom stereocenters. The quantitative estimate of drug-likeness (QED) is 0.800. The van der Waals surface area contributed by atoms with Gasteiger partial charge in [-0.2, -0.15) is 0 Å². The summed E-state index contributed by atoms with van der Waals surface area (Å²) in [5.74, 6) is 1.20. The van der Waals surface area contributed by atoms with Crippen molar-refractivity contribution < 1.29 is 4.79 Å². The molecule has 0 spiro atoms. The molecule has 2 rings (SSSR count). The second-order valence-electron chi connectivity index (χ2n) is 3.38. The van der Waals surface area contributed by atoms with Gasteiger partial charge >= 0.3 is 0 Å². The molecule has 0 saturated carbocycles. The third kappa shape index (κ3) is 1.93. The normalized spacial score (nSPS) is 10.1. The molecule has 1 amide bonds. The third-order valence-electron chi connectivity index (χ3n) is 2.19. The lowest BCUT2D eigenvalue weighted by Gasteiger charge is -2.06. The van der Waals surface area contributed by atoms with E-state index in [0.717, 1.165) is 16.6 Å². The van der Waals surface area contributed by atoms with E-state index in [2.05, 4.69) is 20.6 Å². The van der Waals surface area contributed by atoms with Crippen LogP contribution in [0.15, 0.2) is 24.5 Å². The van der Waals surface area contributed by atoms with E-state index in [4.69, 9.17) is 0 Å². The van der Waals surface area contributed by atoms with Crippen LogP contribution in [-0.4, -0.2) is 22.9 Å². The Bertz CT molecular complexity index is 538. The molecule has 5 heteroatoms. The summed E-state index contributed by atoms with van der Waals surface area (Å²) in [5, 5.41) is 7.55. The van der Waals surface area contributed by atoms with Crippen LogP contribution in [0.3, 0.4) is 0 Å². The van der Waals surface area contributed by atoms with Crippen molar-refractivity contribution >= 4 is 28.3 Å². The number of amides is 1. The van der Waals surface area contributed by atoms with Crippen LogP contribution >= 0.6 is 0 Å². The molecule has 0 bridgehead atoms. The Morgan fingerprint density at radius 2 is 2.19 bits per heavy atom. The zero-order valence-electron chi connectivity index (χ0n) is 9.11. The summed E-state index contributed by atoms with van der Waals surface area (Å²) in [6.45, 7) is 1.46. The Morgan fingerprint density at radius 1 is 1.38 bits per heavy atom. The minimum atomic E-state index is -0.130. The SMILES string of the molecule is CNc1nccc2cc(NC(C)=O)ncc12. The molecule has 5 nitrogen and oxygen atoms in total. The van der Waals surface area contributed by atoms with E-state index in [9.17, 15) is 4.79 Å². The van der Waals surface area contributed by atoms with E-state index in [1.165, 1.54) is 6.92 Å². The maximum Gasteiger partial charge on any atom is 0.222 e. The van der Waals surface area contributed by atoms with Crippen molar-refractivity contribution in [1.29, 1.82) is 0 Å². The molecule has 82 valence electrons. The summed E-state index contributed by atoms with van der Waals surface area (Å²) < 4.78 is 0. The minimum absolute atomic E-state index is 0.130. The topological polar surface area (TPSA) is 66.9 Å². The number of pyridine rings is 2. The van der Waals surface area contributed by atoms with Crippen molar-refractivity contribution in [2.75, 3.05) is 17.7 Å². The van der Waals surface area contributed by atoms with Crippen molar-refractivity contribution in [1.82, 2.24) is 9.97 Å². The fraction of sp³-hybridized carbons (Fsp3) is 0.182. The fourth-order valence-corrected chi connectivity index (χ4v) is 1.52. The molecule has 0 aliphatic rings. The highest BCUT2D eigenvalue weighted by molar-refractivity contribution is 5.95. The van der Waals surface area contributed by atoms with Crippen LogP contribution in [-0.2, 0) is 4.79 Å². The molecule has 16 heavy (non-hydrogen) atoms. The lowest BCUT2D eigenvalue weighted by Crippen LogP contribution is -2.07. The van der Waals surface area contributed by atoms with E-state index < -0.39 is 0 Å². The van der Waals surface area contributed by atoms with Gasteiger partial charge in [0.1, 0.15) is 11.6 Å². The van der Waals surface area contributed by atoms with Gasteiger partial charge in [-0.15, -0.1) is 0 Å². The molecule has 2 aromatic rings. The van der Waals surface area contributed by atoms with Gasteiger partial charge in [-0.1, -0.05) is 0 Å². The second-order valence-corrected chi connectivity index (χ2v) is 3.38. The van der Waals surface area contributed by atoms with Gasteiger partial charge in [-0.05, 0) is 17.5 Å². The standard InChI is InChI=1S/C11H12N4O/c1-7(16)15-10-5-8-3-4-13-11(12-2)9(8)6-14-10/h3-6H,1-2H3,(H,12,13)(H,14,15,16). The number of nitrogens with one attached hydrogen (secondary N) is 2. The lowest BCUT2D eigenvalue weighted by atomic mass is 10.2. The van der Waals surface area contributed by atoms with Gasteiger partial charge in [-0.25, -0.2) is 9.97 Å². The number of carbonyl (C=O) groups is 1. The van der Waals surface area contributed by atoms with Crippen LogP contribution in [0.1, 0.15) is 6.92 Å². The maximum atomic E-state index is 10.9. The lowest BCUT2D eigenvalue weighted by molar-refractivity contribution is -0.114. The smallest absolute Gasteiger partial charge is 0.222 e. The van der Waals surface area contributed by atoms with Crippen molar-refractivity contribution in [3.63, 3.8) is 0 Å². The summed E-state index contributed by atoms with van der Waals surface area (Å²) in [4.78, 5) is 19.2. The van der Waals surface area contributed by atoms with Crippen LogP contribution in [0, 0.1) is 0 Å². The average molecular weight is 216 g/mol. The van der Waals surface area contributed by atoms with E-state index in [1.807, 2.05) is 19.2 Å². The largest absolute Gasteiger partial charge is 0.373 e. The van der Waals surface area contributed by atoms with Crippen molar-refractivity contribution in [2.45, 2.75) is 6.92 Å². The summed E-state index contributed by atoms with van der Waals surface area (Å²) in [6.07, 6.45) is 3.41. The van der Waals surface area contributed by atoms with Gasteiger partial charge in [0, 0.05) is 31.8 Å². The molecule has 0 radical (unpaired) electrons. The molecular formula is C11H12N4O. The molecule has 0 aliphatic heterocycles. The molecule has 2 N–H and O–H groups in total. The van der Waals surface area contributed by atoms with Crippen molar-refractivity contribution in [3.05, 3.63) is 24.5 Å². The highest BCUT2D eigenvalue weighted by atomic mass is 16.1. The summed E-state index contributed by atoms with van der Waals surface area (Å²) in [5.41, 5.74) is 0. The van der Waals surface area contributed by atoms with Gasteiger partial charge in [0.15, 0.2) is 0 Å². The third-order valence-corrected chi connectivity index (χ3v) is 2.19. The zero-order chi connectivity index (χ0) is 11.5. The number of carbonyl (C=O) groups excluding carboxylic acids is 1. The first-order valence-corrected chi connectivity index (χ1v) is 4.91. The molecule has 2 aromatic heterocycles. The molecule has 0 saturated heterocycles. The summed E-state index contributed by atoms with van der Waals surface area (Å²) in [6, 6.07) is 3.70. The zero-order valence-corrected chi connectivity index (χ0v) is 9.11. The molecular weight excluding hydrogens is 204 g/mol. The number of aromatic nitrogens is 2. The molecule has 2 heterocycles. The Kier molecular flexibility index (Phi) is 2.68. The van der Waals surface area contributed by atoms with Crippen molar-refractivity contribution in [3.8, 4) is 0 Å². The maximum absolute atomic E-state index is 10.9. The van der Waals surface area contributed by atoms with Gasteiger partial charge in [-0.3, -0.25) is 4.79 Å². The van der Waals surface area contributed by atoms with E-state index in [0.29, 0.717) is 5.82 Å². The summed E-state index contributed by atoms with van der Waals surface area (Å²) in [7, 11) is 1.81. The van der Waals surface area contributed by atoms with Crippen LogP contribution in [0.2, 0.25) is 0 Å². The number of hydrogen-bond acceptors (Lipinski definition) is 4. The van der Waals surface area contributed by atoms with Gasteiger partial charge in [0.25, 0.3) is 0 Å². The highest BCUT2D eigenvalue weighted by Crippen LogP contribution is 2.21. The number of rotatable bonds is 2. The van der Waals surface area contributed by atoms with Crippen molar-refractivity contribution in [2.24, 2.45) is 0 Å². The second kappa shape index (κ2) is 4.14. The Labute approximate surface area is 92.9 Å². The average Bonchev–Trinajstić information content (AvgIpc) is 2.27. The number of nitrogens with zero attached hydrogens (tertiary/aromatic N) is 2. The first-order valence-electron chi connectivity index (χ1n) is 4.91. The van der Waals surface area contributed by atoms with Gasteiger partial charge < -0.3 is 10.6 Å². The summed E-state index contributed by atoms with van der Waals surface area (Å²) >= 11 is 0. The monoisotopic (exact) mass is 216 g/mol. The highest BCUT2D eigenvalue weighted by Gasteiger charge is 2.03. The van der Waals surface area contributed by atoms with E-state index in [1.54, 1.807) is 12.4 Å². The number of hydrogen-bond donors (Lipinski definition) is 2. The van der Waals surface area contributed by atoms with E-state index >= 15 is 0 Å². The number of fused-ring (bicyclic) bond motifs is 1. The Balaban J connectivity index is 2.51. The molecule has 0 unspecified atom stereocenters. The number of anilines is 2. The Morgan fingerprint density at radius 3 is 2.88 bits per heavy atom. The first kappa shape index (κ1) is 10.4. The molecule has 0 aliphatic carbocycles. The first-order chi connectivity index (χ1) is 7.70. The molecule has 0 aromatic carbocycles. The predicted molar refractivity (Wildman–Crippen MR) is 63.4 cm³/mol. The Hall–Kier alpha value is -2.17. The fourth-order valence-electron chi connectivity index (χ4n) is 1.52.